The topological polar surface area (TPSA) is 114 Å². The second-order valence-electron chi connectivity index (χ2n) is 7.02. The van der Waals surface area contributed by atoms with E-state index >= 15 is 0 Å². The van der Waals surface area contributed by atoms with Crippen molar-refractivity contribution in [3.63, 3.8) is 0 Å². The number of non-ortho nitro benzene ring substituents is 1. The first kappa shape index (κ1) is 21.5. The number of carbonyl (C=O) groups excluding carboxylic acids is 2. The van der Waals surface area contributed by atoms with E-state index in [2.05, 4.69) is 10.6 Å². The second kappa shape index (κ2) is 9.53. The largest absolute Gasteiger partial charge is 0.457 e. The Morgan fingerprint density at radius 3 is 2.45 bits per heavy atom. The summed E-state index contributed by atoms with van der Waals surface area (Å²) in [5, 5.41) is 16.4. The van der Waals surface area contributed by atoms with Gasteiger partial charge in [0.1, 0.15) is 17.2 Å². The molecule has 2 N–H and O–H groups in total. The standard InChI is InChI=1S/C23H21N3O5/c1-15(2)24-23(28)20(25-22(27)16-7-4-3-5-8-16)14-19-11-12-21(31-19)17-9-6-10-18(13-17)26(29)30/h3-15H,1-2H3,(H,24,28)(H,25,27)/b20-14-. The van der Waals surface area contributed by atoms with Gasteiger partial charge in [0.25, 0.3) is 17.5 Å². The Labute approximate surface area is 178 Å². The Bertz CT molecular complexity index is 1130. The van der Waals surface area contributed by atoms with E-state index in [9.17, 15) is 19.7 Å². The highest BCUT2D eigenvalue weighted by atomic mass is 16.6. The van der Waals surface area contributed by atoms with Crippen LogP contribution in [0.25, 0.3) is 17.4 Å². The zero-order chi connectivity index (χ0) is 22.4. The van der Waals surface area contributed by atoms with Gasteiger partial charge in [0, 0.05) is 35.4 Å². The third kappa shape index (κ3) is 5.66. The highest BCUT2D eigenvalue weighted by Gasteiger charge is 2.17. The van der Waals surface area contributed by atoms with Crippen molar-refractivity contribution in [3.8, 4) is 11.3 Å². The molecule has 0 saturated heterocycles. The maximum atomic E-state index is 12.6. The number of nitrogens with one attached hydrogen (secondary N) is 2. The van der Waals surface area contributed by atoms with Gasteiger partial charge >= 0.3 is 0 Å². The summed E-state index contributed by atoms with van der Waals surface area (Å²) in [6.07, 6.45) is 1.42. The van der Waals surface area contributed by atoms with Crippen molar-refractivity contribution >= 4 is 23.6 Å². The van der Waals surface area contributed by atoms with Gasteiger partial charge in [-0.25, -0.2) is 0 Å². The molecule has 3 rings (SSSR count). The van der Waals surface area contributed by atoms with Crippen LogP contribution in [0.3, 0.4) is 0 Å². The molecule has 0 aliphatic rings. The van der Waals surface area contributed by atoms with Gasteiger partial charge in [0.15, 0.2) is 0 Å². The molecular formula is C23H21N3O5. The van der Waals surface area contributed by atoms with Crippen molar-refractivity contribution in [1.82, 2.24) is 10.6 Å². The maximum Gasteiger partial charge on any atom is 0.270 e. The van der Waals surface area contributed by atoms with E-state index in [1.54, 1.807) is 54.6 Å². The lowest BCUT2D eigenvalue weighted by molar-refractivity contribution is -0.384. The molecule has 0 spiro atoms. The van der Waals surface area contributed by atoms with Crippen LogP contribution >= 0.6 is 0 Å². The van der Waals surface area contributed by atoms with Crippen LogP contribution in [-0.4, -0.2) is 22.8 Å². The molecule has 0 saturated carbocycles. The van der Waals surface area contributed by atoms with Crippen LogP contribution in [0.15, 0.2) is 76.8 Å². The van der Waals surface area contributed by atoms with Gasteiger partial charge in [-0.2, -0.15) is 0 Å². The van der Waals surface area contributed by atoms with E-state index in [-0.39, 0.29) is 17.4 Å². The van der Waals surface area contributed by atoms with Crippen LogP contribution in [0.4, 0.5) is 5.69 Å². The minimum Gasteiger partial charge on any atom is -0.457 e. The Hall–Kier alpha value is -4.20. The van der Waals surface area contributed by atoms with Crippen molar-refractivity contribution < 1.29 is 18.9 Å². The monoisotopic (exact) mass is 419 g/mol. The first-order valence-corrected chi connectivity index (χ1v) is 9.57. The van der Waals surface area contributed by atoms with Crippen LogP contribution in [0.2, 0.25) is 0 Å². The number of benzene rings is 2. The predicted molar refractivity (Wildman–Crippen MR) is 116 cm³/mol. The molecule has 8 heteroatoms. The molecule has 0 atom stereocenters. The van der Waals surface area contributed by atoms with Crippen molar-refractivity contribution in [2.45, 2.75) is 19.9 Å². The predicted octanol–water partition coefficient (Wildman–Crippen LogP) is 4.15. The van der Waals surface area contributed by atoms with Gasteiger partial charge in [-0.15, -0.1) is 0 Å². The lowest BCUT2D eigenvalue weighted by atomic mass is 10.1. The summed E-state index contributed by atoms with van der Waals surface area (Å²) in [6.45, 7) is 3.61. The lowest BCUT2D eigenvalue weighted by Crippen LogP contribution is -2.38. The van der Waals surface area contributed by atoms with Crippen molar-refractivity contribution in [1.29, 1.82) is 0 Å². The summed E-state index contributed by atoms with van der Waals surface area (Å²) in [6, 6.07) is 17.7. The Kier molecular flexibility index (Phi) is 6.61. The molecule has 2 amide bonds. The molecule has 3 aromatic rings. The number of furan rings is 1. The summed E-state index contributed by atoms with van der Waals surface area (Å²) in [4.78, 5) is 35.7. The van der Waals surface area contributed by atoms with Crippen molar-refractivity contribution in [3.05, 3.63) is 93.9 Å². The Balaban J connectivity index is 1.89. The molecule has 0 radical (unpaired) electrons. The molecule has 1 aromatic heterocycles. The number of carbonyl (C=O) groups is 2. The minimum atomic E-state index is -0.485. The average Bonchev–Trinajstić information content (AvgIpc) is 3.22. The Morgan fingerprint density at radius 2 is 1.77 bits per heavy atom. The Morgan fingerprint density at radius 1 is 1.03 bits per heavy atom. The number of hydrogen-bond donors (Lipinski definition) is 2. The molecule has 31 heavy (non-hydrogen) atoms. The fourth-order valence-corrected chi connectivity index (χ4v) is 2.78. The highest BCUT2D eigenvalue weighted by Crippen LogP contribution is 2.26. The van der Waals surface area contributed by atoms with Gasteiger partial charge in [0.05, 0.1) is 4.92 Å². The van der Waals surface area contributed by atoms with Gasteiger partial charge in [-0.3, -0.25) is 19.7 Å². The zero-order valence-electron chi connectivity index (χ0n) is 17.0. The van der Waals surface area contributed by atoms with Crippen molar-refractivity contribution in [2.75, 3.05) is 0 Å². The minimum absolute atomic E-state index is 0.0162. The number of amides is 2. The summed E-state index contributed by atoms with van der Waals surface area (Å²) < 4.78 is 5.75. The van der Waals surface area contributed by atoms with Gasteiger partial charge in [-0.1, -0.05) is 30.3 Å². The third-order valence-corrected chi connectivity index (χ3v) is 4.20. The van der Waals surface area contributed by atoms with Gasteiger partial charge < -0.3 is 15.1 Å². The summed E-state index contributed by atoms with van der Waals surface area (Å²) in [7, 11) is 0. The van der Waals surface area contributed by atoms with Crippen LogP contribution in [0, 0.1) is 10.1 Å². The second-order valence-corrected chi connectivity index (χ2v) is 7.02. The first-order chi connectivity index (χ1) is 14.8. The first-order valence-electron chi connectivity index (χ1n) is 9.57. The molecule has 2 aromatic carbocycles. The molecule has 0 bridgehead atoms. The third-order valence-electron chi connectivity index (χ3n) is 4.20. The van der Waals surface area contributed by atoms with E-state index < -0.39 is 16.7 Å². The quantitative estimate of drug-likeness (QED) is 0.339. The smallest absolute Gasteiger partial charge is 0.270 e. The van der Waals surface area contributed by atoms with Gasteiger partial charge in [-0.05, 0) is 38.1 Å². The lowest BCUT2D eigenvalue weighted by Gasteiger charge is -2.12. The molecule has 0 fully saturated rings. The van der Waals surface area contributed by atoms with E-state index in [4.69, 9.17) is 4.42 Å². The molecule has 8 nitrogen and oxygen atoms in total. The van der Waals surface area contributed by atoms with Crippen LogP contribution in [0.1, 0.15) is 30.0 Å². The normalized spacial score (nSPS) is 11.3. The molecule has 1 heterocycles. The number of hydrogen-bond acceptors (Lipinski definition) is 5. The van der Waals surface area contributed by atoms with E-state index in [0.29, 0.717) is 22.6 Å². The zero-order valence-corrected chi connectivity index (χ0v) is 17.0. The molecule has 0 unspecified atom stereocenters. The summed E-state index contributed by atoms with van der Waals surface area (Å²) in [5.74, 6) is -0.194. The molecule has 158 valence electrons. The number of rotatable bonds is 7. The fraction of sp³-hybridized carbons (Fsp3) is 0.130. The number of nitro benzene ring substituents is 1. The van der Waals surface area contributed by atoms with Crippen molar-refractivity contribution in [2.24, 2.45) is 0 Å². The van der Waals surface area contributed by atoms with E-state index in [1.807, 2.05) is 13.8 Å². The molecule has 0 aliphatic heterocycles. The summed E-state index contributed by atoms with van der Waals surface area (Å²) >= 11 is 0. The SMILES string of the molecule is CC(C)NC(=O)/C(=C/c1ccc(-c2cccc([N+](=O)[O-])c2)o1)NC(=O)c1ccccc1. The van der Waals surface area contributed by atoms with Crippen LogP contribution in [-0.2, 0) is 4.79 Å². The van der Waals surface area contributed by atoms with E-state index in [1.165, 1.54) is 18.2 Å². The van der Waals surface area contributed by atoms with E-state index in [0.717, 1.165) is 0 Å². The van der Waals surface area contributed by atoms with Crippen LogP contribution < -0.4 is 10.6 Å². The number of nitro groups is 1. The maximum absolute atomic E-state index is 12.6. The summed E-state index contributed by atoms with van der Waals surface area (Å²) in [5.41, 5.74) is 0.887. The van der Waals surface area contributed by atoms with Gasteiger partial charge in [0.2, 0.25) is 0 Å². The molecular weight excluding hydrogens is 398 g/mol. The number of nitrogens with zero attached hydrogens (tertiary/aromatic N) is 1. The van der Waals surface area contributed by atoms with Crippen LogP contribution in [0.5, 0.6) is 0 Å². The highest BCUT2D eigenvalue weighted by molar-refractivity contribution is 6.05. The molecule has 0 aliphatic carbocycles. The fourth-order valence-electron chi connectivity index (χ4n) is 2.78. The average molecular weight is 419 g/mol.